The Labute approximate surface area is 130 Å². The first-order chi connectivity index (χ1) is 9.88. The van der Waals surface area contributed by atoms with Gasteiger partial charge in [-0.2, -0.15) is 4.98 Å². The van der Waals surface area contributed by atoms with Crippen LogP contribution in [0.4, 0.5) is 11.4 Å². The van der Waals surface area contributed by atoms with Crippen LogP contribution in [0.1, 0.15) is 0 Å². The average Bonchev–Trinajstić information content (AvgIpc) is 2.40. The highest BCUT2D eigenvalue weighted by Crippen LogP contribution is 2.36. The zero-order chi connectivity index (χ0) is 15.6. The molecule has 11 heteroatoms. The maximum atomic E-state index is 11.0. The lowest BCUT2D eigenvalue weighted by molar-refractivity contribution is -0.387. The second kappa shape index (κ2) is 5.97. The third kappa shape index (κ3) is 3.41. The summed E-state index contributed by atoms with van der Waals surface area (Å²) >= 11 is 8.63. The van der Waals surface area contributed by atoms with E-state index in [1.807, 2.05) is 0 Å². The van der Waals surface area contributed by atoms with Gasteiger partial charge < -0.3 is 4.74 Å². The Morgan fingerprint density at radius 3 is 2.48 bits per heavy atom. The molecular weight excluding hydrogens is 371 g/mol. The molecule has 0 N–H and O–H groups in total. The Kier molecular flexibility index (Phi) is 4.29. The van der Waals surface area contributed by atoms with E-state index in [0.717, 1.165) is 6.20 Å². The SMILES string of the molecule is O=[N+]([O-])c1cc(Br)ccc1Oc1nc(Cl)ncc1[N+](=O)[O-]. The third-order valence-corrected chi connectivity index (χ3v) is 2.90. The Morgan fingerprint density at radius 1 is 1.19 bits per heavy atom. The Bertz CT molecular complexity index is 741. The monoisotopic (exact) mass is 374 g/mol. The minimum Gasteiger partial charge on any atom is -0.426 e. The molecule has 0 saturated heterocycles. The normalized spacial score (nSPS) is 10.2. The van der Waals surface area contributed by atoms with Crippen LogP contribution < -0.4 is 4.74 Å². The number of nitrogens with zero attached hydrogens (tertiary/aromatic N) is 4. The molecule has 1 aromatic carbocycles. The van der Waals surface area contributed by atoms with E-state index in [0.29, 0.717) is 4.47 Å². The first-order valence-electron chi connectivity index (χ1n) is 5.17. The Hall–Kier alpha value is -2.33. The van der Waals surface area contributed by atoms with Gasteiger partial charge in [-0.15, -0.1) is 0 Å². The second-order valence-corrected chi connectivity index (χ2v) is 4.81. The summed E-state index contributed by atoms with van der Waals surface area (Å²) in [4.78, 5) is 27.4. The molecule has 0 radical (unpaired) electrons. The molecule has 0 bridgehead atoms. The number of hydrogen-bond acceptors (Lipinski definition) is 7. The molecule has 2 aromatic rings. The number of hydrogen-bond donors (Lipinski definition) is 0. The summed E-state index contributed by atoms with van der Waals surface area (Å²) < 4.78 is 5.61. The zero-order valence-electron chi connectivity index (χ0n) is 9.90. The quantitative estimate of drug-likeness (QED) is 0.455. The van der Waals surface area contributed by atoms with Crippen LogP contribution in [0.25, 0.3) is 0 Å². The van der Waals surface area contributed by atoms with E-state index in [1.165, 1.54) is 18.2 Å². The van der Waals surface area contributed by atoms with Crippen molar-refractivity contribution in [1.29, 1.82) is 0 Å². The molecule has 0 spiro atoms. The zero-order valence-corrected chi connectivity index (χ0v) is 12.2. The van der Waals surface area contributed by atoms with Crippen LogP contribution in [0.2, 0.25) is 5.28 Å². The van der Waals surface area contributed by atoms with Crippen LogP contribution in [-0.4, -0.2) is 19.8 Å². The van der Waals surface area contributed by atoms with Gasteiger partial charge >= 0.3 is 17.3 Å². The van der Waals surface area contributed by atoms with Crippen molar-refractivity contribution in [2.24, 2.45) is 0 Å². The van der Waals surface area contributed by atoms with E-state index in [1.54, 1.807) is 0 Å². The van der Waals surface area contributed by atoms with Gasteiger partial charge in [0.1, 0.15) is 6.20 Å². The lowest BCUT2D eigenvalue weighted by atomic mass is 10.3. The Morgan fingerprint density at radius 2 is 1.86 bits per heavy atom. The molecule has 21 heavy (non-hydrogen) atoms. The van der Waals surface area contributed by atoms with Crippen LogP contribution in [0, 0.1) is 20.2 Å². The highest BCUT2D eigenvalue weighted by atomic mass is 79.9. The lowest BCUT2D eigenvalue weighted by Gasteiger charge is -2.06. The maximum Gasteiger partial charge on any atom is 0.349 e. The van der Waals surface area contributed by atoms with Crippen molar-refractivity contribution in [3.05, 3.63) is 54.4 Å². The topological polar surface area (TPSA) is 121 Å². The minimum atomic E-state index is -0.781. The number of rotatable bonds is 4. The predicted octanol–water partition coefficient (Wildman–Crippen LogP) is 3.50. The fourth-order valence-corrected chi connectivity index (χ4v) is 1.84. The standard InChI is InChI=1S/C10H4BrClN4O5/c11-5-1-2-8(6(3-5)15(17)18)21-9-7(16(19)20)4-13-10(12)14-9/h1-4H. The minimum absolute atomic E-state index is 0.207. The molecule has 0 saturated carbocycles. The molecule has 108 valence electrons. The molecule has 0 atom stereocenters. The van der Waals surface area contributed by atoms with Crippen LogP contribution in [0.3, 0.4) is 0 Å². The Balaban J connectivity index is 2.50. The fraction of sp³-hybridized carbons (Fsp3) is 0. The maximum absolute atomic E-state index is 11.0. The van der Waals surface area contributed by atoms with Crippen LogP contribution in [-0.2, 0) is 0 Å². The first kappa shape index (κ1) is 15.1. The van der Waals surface area contributed by atoms with Gasteiger partial charge in [-0.25, -0.2) is 4.98 Å². The number of ether oxygens (including phenoxy) is 1. The molecule has 1 heterocycles. The molecule has 9 nitrogen and oxygen atoms in total. The van der Waals surface area contributed by atoms with Gasteiger partial charge in [-0.05, 0) is 23.7 Å². The van der Waals surface area contributed by atoms with E-state index in [4.69, 9.17) is 16.3 Å². The fourth-order valence-electron chi connectivity index (χ4n) is 1.36. The van der Waals surface area contributed by atoms with Gasteiger partial charge in [0, 0.05) is 10.5 Å². The van der Waals surface area contributed by atoms with Gasteiger partial charge in [0.05, 0.1) is 9.85 Å². The van der Waals surface area contributed by atoms with Gasteiger partial charge in [0.15, 0.2) is 0 Å². The van der Waals surface area contributed by atoms with Crippen molar-refractivity contribution in [1.82, 2.24) is 9.97 Å². The van der Waals surface area contributed by atoms with Crippen molar-refractivity contribution in [3.8, 4) is 11.6 Å². The third-order valence-electron chi connectivity index (χ3n) is 2.23. The average molecular weight is 376 g/mol. The van der Waals surface area contributed by atoms with Crippen molar-refractivity contribution in [2.75, 3.05) is 0 Å². The molecule has 1 aromatic heterocycles. The summed E-state index contributed by atoms with van der Waals surface area (Å²) in [7, 11) is 0. The van der Waals surface area contributed by atoms with Crippen molar-refractivity contribution in [3.63, 3.8) is 0 Å². The molecule has 0 aliphatic carbocycles. The number of nitro benzene ring substituents is 1. The van der Waals surface area contributed by atoms with E-state index in [9.17, 15) is 20.2 Å². The van der Waals surface area contributed by atoms with E-state index in [2.05, 4.69) is 25.9 Å². The number of aromatic nitrogens is 2. The van der Waals surface area contributed by atoms with Crippen LogP contribution >= 0.6 is 27.5 Å². The predicted molar refractivity (Wildman–Crippen MR) is 74.6 cm³/mol. The molecule has 2 rings (SSSR count). The second-order valence-electron chi connectivity index (χ2n) is 3.56. The first-order valence-corrected chi connectivity index (χ1v) is 6.34. The van der Waals surface area contributed by atoms with E-state index < -0.39 is 21.4 Å². The van der Waals surface area contributed by atoms with Gasteiger partial charge in [-0.3, -0.25) is 20.2 Å². The van der Waals surface area contributed by atoms with Gasteiger partial charge in [-0.1, -0.05) is 15.9 Å². The summed E-state index contributed by atoms with van der Waals surface area (Å²) in [5, 5.41) is 21.5. The van der Waals surface area contributed by atoms with Gasteiger partial charge in [0.2, 0.25) is 11.0 Å². The summed E-state index contributed by atoms with van der Waals surface area (Å²) in [5.74, 6) is -0.688. The summed E-state index contributed by atoms with van der Waals surface area (Å²) in [6.45, 7) is 0. The lowest BCUT2D eigenvalue weighted by Crippen LogP contribution is -2.00. The number of nitro groups is 2. The smallest absolute Gasteiger partial charge is 0.349 e. The number of benzene rings is 1. The molecule has 0 amide bonds. The highest BCUT2D eigenvalue weighted by molar-refractivity contribution is 9.10. The van der Waals surface area contributed by atoms with Crippen molar-refractivity contribution in [2.45, 2.75) is 0 Å². The summed E-state index contributed by atoms with van der Waals surface area (Å²) in [6.07, 6.45) is 0.857. The van der Waals surface area contributed by atoms with Crippen molar-refractivity contribution >= 4 is 38.9 Å². The van der Waals surface area contributed by atoms with E-state index in [-0.39, 0.29) is 16.7 Å². The molecule has 0 aliphatic heterocycles. The van der Waals surface area contributed by atoms with Crippen LogP contribution in [0.15, 0.2) is 28.9 Å². The summed E-state index contributed by atoms with van der Waals surface area (Å²) in [6, 6.07) is 3.96. The molecule has 0 unspecified atom stereocenters. The summed E-state index contributed by atoms with van der Waals surface area (Å²) in [5.41, 5.74) is -0.940. The number of halogens is 2. The molecule has 0 aliphatic rings. The molecule has 0 fully saturated rings. The largest absolute Gasteiger partial charge is 0.426 e. The van der Waals surface area contributed by atoms with Gasteiger partial charge in [0.25, 0.3) is 0 Å². The van der Waals surface area contributed by atoms with Crippen molar-refractivity contribution < 1.29 is 14.6 Å². The van der Waals surface area contributed by atoms with E-state index >= 15 is 0 Å². The highest BCUT2D eigenvalue weighted by Gasteiger charge is 2.23. The van der Waals surface area contributed by atoms with Crippen LogP contribution in [0.5, 0.6) is 11.6 Å². The molecular formula is C10H4BrClN4O5.